The van der Waals surface area contributed by atoms with E-state index in [2.05, 4.69) is 21.2 Å². The zero-order chi connectivity index (χ0) is 27.9. The molecule has 0 fully saturated rings. The minimum atomic E-state index is -3.62. The van der Waals surface area contributed by atoms with Gasteiger partial charge in [-0.15, -0.1) is 0 Å². The van der Waals surface area contributed by atoms with E-state index in [9.17, 15) is 18.0 Å². The summed E-state index contributed by atoms with van der Waals surface area (Å²) in [6, 6.07) is 11.9. The highest BCUT2D eigenvalue weighted by atomic mass is 79.9. The van der Waals surface area contributed by atoms with Gasteiger partial charge in [0.05, 0.1) is 11.9 Å². The number of rotatable bonds is 12. The molecular weight excluding hydrogens is 574 g/mol. The predicted molar refractivity (Wildman–Crippen MR) is 151 cm³/mol. The third-order valence-electron chi connectivity index (χ3n) is 6.38. The second kappa shape index (κ2) is 13.3. The summed E-state index contributed by atoms with van der Waals surface area (Å²) < 4.78 is 38.5. The van der Waals surface area contributed by atoms with Gasteiger partial charge in [-0.25, -0.2) is 8.42 Å². The lowest BCUT2D eigenvalue weighted by Gasteiger charge is -2.30. The van der Waals surface area contributed by atoms with Crippen molar-refractivity contribution in [3.63, 3.8) is 0 Å². The smallest absolute Gasteiger partial charge is 0.242 e. The number of nitrogens with zero attached hydrogens (tertiary/aromatic N) is 2. The highest BCUT2D eigenvalue weighted by Gasteiger charge is 2.27. The summed E-state index contributed by atoms with van der Waals surface area (Å²) in [5.74, 6) is 0.598. The molecule has 0 aliphatic carbocycles. The maximum atomic E-state index is 13.4. The van der Waals surface area contributed by atoms with E-state index >= 15 is 0 Å². The Morgan fingerprint density at radius 2 is 1.79 bits per heavy atom. The van der Waals surface area contributed by atoms with Crippen molar-refractivity contribution in [3.05, 3.63) is 52.5 Å². The molecule has 0 saturated carbocycles. The Hall–Kier alpha value is -2.79. The first-order chi connectivity index (χ1) is 18.0. The van der Waals surface area contributed by atoms with Crippen molar-refractivity contribution >= 4 is 43.5 Å². The summed E-state index contributed by atoms with van der Waals surface area (Å²) in [7, 11) is -3.62. The quantitative estimate of drug-likeness (QED) is 0.388. The highest BCUT2D eigenvalue weighted by molar-refractivity contribution is 9.10. The summed E-state index contributed by atoms with van der Waals surface area (Å²) in [4.78, 5) is 27.9. The second-order valence-corrected chi connectivity index (χ2v) is 12.2. The van der Waals surface area contributed by atoms with Crippen LogP contribution >= 0.6 is 15.9 Å². The molecule has 2 aromatic rings. The van der Waals surface area contributed by atoms with Gasteiger partial charge in [-0.3, -0.25) is 13.9 Å². The maximum absolute atomic E-state index is 13.4. The lowest BCUT2D eigenvalue weighted by molar-refractivity contribution is -0.140. The normalized spacial score (nSPS) is 14.3. The van der Waals surface area contributed by atoms with Crippen LogP contribution in [0.2, 0.25) is 0 Å². The van der Waals surface area contributed by atoms with E-state index in [-0.39, 0.29) is 43.8 Å². The molecule has 2 amide bonds. The van der Waals surface area contributed by atoms with Crippen molar-refractivity contribution in [2.24, 2.45) is 0 Å². The molecule has 38 heavy (non-hydrogen) atoms. The first-order valence-corrected chi connectivity index (χ1v) is 15.4. The van der Waals surface area contributed by atoms with Gasteiger partial charge in [-0.2, -0.15) is 0 Å². The molecule has 1 aliphatic rings. The van der Waals surface area contributed by atoms with Crippen LogP contribution in [-0.4, -0.2) is 63.2 Å². The number of hydrogen-bond donors (Lipinski definition) is 1. The second-order valence-electron chi connectivity index (χ2n) is 9.41. The summed E-state index contributed by atoms with van der Waals surface area (Å²) in [6.07, 6.45) is 2.26. The number of amides is 2. The van der Waals surface area contributed by atoms with Crippen LogP contribution in [0.3, 0.4) is 0 Å². The lowest BCUT2D eigenvalue weighted by atomic mass is 10.1. The molecule has 1 heterocycles. The van der Waals surface area contributed by atoms with E-state index in [0.717, 1.165) is 22.7 Å². The SMILES string of the molecule is CC[C@H](C)NC(=O)[C@H](C)N(Cc1cccc(Br)c1)C(=O)CCCN(c1ccc2c(c1)OCCO2)S(C)(=O)=O. The Balaban J connectivity index is 1.74. The van der Waals surface area contributed by atoms with Crippen molar-refractivity contribution in [1.82, 2.24) is 10.2 Å². The molecule has 0 aromatic heterocycles. The third kappa shape index (κ3) is 8.10. The Kier molecular flexibility index (Phi) is 10.4. The van der Waals surface area contributed by atoms with Crippen molar-refractivity contribution < 1.29 is 27.5 Å². The summed E-state index contributed by atoms with van der Waals surface area (Å²) in [6.45, 7) is 6.80. The largest absolute Gasteiger partial charge is 0.486 e. The molecule has 3 rings (SSSR count). The summed E-state index contributed by atoms with van der Waals surface area (Å²) >= 11 is 3.46. The fourth-order valence-corrected chi connectivity index (χ4v) is 5.48. The molecule has 11 heteroatoms. The Bertz CT molecular complexity index is 1240. The number of benzene rings is 2. The number of sulfonamides is 1. The van der Waals surface area contributed by atoms with Gasteiger partial charge in [0.15, 0.2) is 11.5 Å². The molecule has 2 aromatic carbocycles. The van der Waals surface area contributed by atoms with E-state index < -0.39 is 16.1 Å². The van der Waals surface area contributed by atoms with Gasteiger partial charge in [0.1, 0.15) is 19.3 Å². The number of halogens is 1. The molecule has 0 spiro atoms. The van der Waals surface area contributed by atoms with Crippen molar-refractivity contribution in [2.45, 2.75) is 58.7 Å². The topological polar surface area (TPSA) is 105 Å². The van der Waals surface area contributed by atoms with Crippen LogP contribution in [0.5, 0.6) is 11.5 Å². The summed E-state index contributed by atoms with van der Waals surface area (Å²) in [5, 5.41) is 2.95. The zero-order valence-electron chi connectivity index (χ0n) is 22.3. The fourth-order valence-electron chi connectivity index (χ4n) is 4.07. The van der Waals surface area contributed by atoms with Crippen LogP contribution in [0.1, 0.15) is 45.6 Å². The molecule has 0 saturated heterocycles. The molecule has 1 aliphatic heterocycles. The van der Waals surface area contributed by atoms with E-state index in [1.54, 1.807) is 30.0 Å². The molecule has 208 valence electrons. The van der Waals surface area contributed by atoms with E-state index in [4.69, 9.17) is 9.47 Å². The van der Waals surface area contributed by atoms with Gasteiger partial charge in [-0.05, 0) is 56.5 Å². The van der Waals surface area contributed by atoms with Crippen LogP contribution in [0, 0.1) is 0 Å². The van der Waals surface area contributed by atoms with Crippen molar-refractivity contribution in [1.29, 1.82) is 0 Å². The van der Waals surface area contributed by atoms with E-state index in [1.165, 1.54) is 4.31 Å². The Labute approximate surface area is 233 Å². The number of hydrogen-bond acceptors (Lipinski definition) is 6. The first-order valence-electron chi connectivity index (χ1n) is 12.7. The number of fused-ring (bicyclic) bond motifs is 1. The van der Waals surface area contributed by atoms with Crippen LogP contribution in [0.25, 0.3) is 0 Å². The van der Waals surface area contributed by atoms with Gasteiger partial charge in [0, 0.05) is 36.1 Å². The minimum Gasteiger partial charge on any atom is -0.486 e. The molecule has 0 bridgehead atoms. The molecule has 1 N–H and O–H groups in total. The van der Waals surface area contributed by atoms with Crippen LogP contribution in [-0.2, 0) is 26.2 Å². The maximum Gasteiger partial charge on any atom is 0.242 e. The third-order valence-corrected chi connectivity index (χ3v) is 8.06. The molecule has 0 unspecified atom stereocenters. The average molecular weight is 611 g/mol. The van der Waals surface area contributed by atoms with Crippen LogP contribution in [0.4, 0.5) is 5.69 Å². The summed E-state index contributed by atoms with van der Waals surface area (Å²) in [5.41, 5.74) is 1.32. The van der Waals surface area contributed by atoms with Gasteiger partial charge in [0.25, 0.3) is 0 Å². The molecule has 9 nitrogen and oxygen atoms in total. The van der Waals surface area contributed by atoms with Gasteiger partial charge >= 0.3 is 0 Å². The number of carbonyl (C=O) groups excluding carboxylic acids is 2. The van der Waals surface area contributed by atoms with Crippen LogP contribution in [0.15, 0.2) is 46.9 Å². The Morgan fingerprint density at radius 1 is 1.08 bits per heavy atom. The lowest BCUT2D eigenvalue weighted by Crippen LogP contribution is -2.49. The zero-order valence-corrected chi connectivity index (χ0v) is 24.7. The first kappa shape index (κ1) is 29.8. The van der Waals surface area contributed by atoms with Crippen molar-refractivity contribution in [2.75, 3.05) is 30.3 Å². The standard InChI is InChI=1S/C27H36BrN3O6S/c1-5-19(2)29-27(33)20(3)30(18-21-8-6-9-22(28)16-21)26(32)10-7-13-31(38(4,34)35)23-11-12-24-25(17-23)37-15-14-36-24/h6,8-9,11-12,16-17,19-20H,5,7,10,13-15,18H2,1-4H3,(H,29,33)/t19-,20-/m0/s1. The molecule has 2 atom stereocenters. The number of nitrogens with one attached hydrogen (secondary N) is 1. The van der Waals surface area contributed by atoms with Gasteiger partial charge < -0.3 is 19.7 Å². The van der Waals surface area contributed by atoms with Crippen LogP contribution < -0.4 is 19.1 Å². The van der Waals surface area contributed by atoms with E-state index in [0.29, 0.717) is 30.4 Å². The number of carbonyl (C=O) groups is 2. The molecular formula is C27H36BrN3O6S. The average Bonchev–Trinajstić information content (AvgIpc) is 2.88. The number of anilines is 1. The fraction of sp³-hybridized carbons (Fsp3) is 0.481. The van der Waals surface area contributed by atoms with Crippen molar-refractivity contribution in [3.8, 4) is 11.5 Å². The van der Waals surface area contributed by atoms with E-state index in [1.807, 2.05) is 38.1 Å². The minimum absolute atomic E-state index is 0.0120. The highest BCUT2D eigenvalue weighted by Crippen LogP contribution is 2.34. The number of ether oxygens (including phenoxy) is 2. The Morgan fingerprint density at radius 3 is 2.45 bits per heavy atom. The van der Waals surface area contributed by atoms with Gasteiger partial charge in [-0.1, -0.05) is 35.0 Å². The van der Waals surface area contributed by atoms with Gasteiger partial charge in [0.2, 0.25) is 21.8 Å². The molecule has 0 radical (unpaired) electrons. The monoisotopic (exact) mass is 609 g/mol. The predicted octanol–water partition coefficient (Wildman–Crippen LogP) is 4.10.